The molecule has 1 atom stereocenters. The highest BCUT2D eigenvalue weighted by atomic mass is 79.9. The van der Waals surface area contributed by atoms with Crippen molar-refractivity contribution < 1.29 is 13.9 Å². The third-order valence-electron chi connectivity index (χ3n) is 2.89. The number of benzene rings is 1. The molecule has 1 aliphatic heterocycles. The van der Waals surface area contributed by atoms with Crippen LogP contribution in [-0.2, 0) is 10.1 Å². The second-order valence-electron chi connectivity index (χ2n) is 4.16. The average Bonchev–Trinajstić information content (AvgIpc) is 2.84. The van der Waals surface area contributed by atoms with E-state index in [-0.39, 0.29) is 5.82 Å². The van der Waals surface area contributed by atoms with Gasteiger partial charge >= 0.3 is 0 Å². The molecule has 2 rings (SSSR count). The monoisotopic (exact) mass is 302 g/mol. The maximum atomic E-state index is 13.0. The van der Waals surface area contributed by atoms with Crippen LogP contribution in [0.1, 0.15) is 24.8 Å². The highest BCUT2D eigenvalue weighted by Gasteiger charge is 2.15. The van der Waals surface area contributed by atoms with Crippen LogP contribution in [0, 0.1) is 5.82 Å². The van der Waals surface area contributed by atoms with Crippen molar-refractivity contribution in [1.82, 2.24) is 0 Å². The lowest BCUT2D eigenvalue weighted by Gasteiger charge is -2.12. The van der Waals surface area contributed by atoms with E-state index in [0.717, 1.165) is 37.2 Å². The van der Waals surface area contributed by atoms with Gasteiger partial charge in [-0.15, -0.1) is 0 Å². The number of hydrogen-bond acceptors (Lipinski definition) is 2. The van der Waals surface area contributed by atoms with E-state index < -0.39 is 0 Å². The second kappa shape index (κ2) is 6.36. The largest absolute Gasteiger partial charge is 0.493 e. The normalized spacial score (nSPS) is 19.5. The van der Waals surface area contributed by atoms with E-state index >= 15 is 0 Å². The van der Waals surface area contributed by atoms with Crippen LogP contribution < -0.4 is 4.74 Å². The molecule has 0 aromatic heterocycles. The van der Waals surface area contributed by atoms with E-state index in [1.165, 1.54) is 12.1 Å². The maximum absolute atomic E-state index is 13.0. The Bertz CT molecular complexity index is 364. The number of halogens is 2. The van der Waals surface area contributed by atoms with Gasteiger partial charge in [-0.2, -0.15) is 0 Å². The molecule has 0 amide bonds. The summed E-state index contributed by atoms with van der Waals surface area (Å²) in [6.45, 7) is 1.49. The molecule has 0 aliphatic carbocycles. The number of ether oxygens (including phenoxy) is 2. The van der Waals surface area contributed by atoms with E-state index in [1.54, 1.807) is 6.07 Å². The first-order valence-electron chi connectivity index (χ1n) is 5.88. The Balaban J connectivity index is 1.85. The highest BCUT2D eigenvalue weighted by molar-refractivity contribution is 9.08. The van der Waals surface area contributed by atoms with Gasteiger partial charge in [-0.25, -0.2) is 4.39 Å². The first-order chi connectivity index (χ1) is 8.29. The predicted octanol–water partition coefficient (Wildman–Crippen LogP) is 3.67. The molecule has 0 N–H and O–H groups in total. The summed E-state index contributed by atoms with van der Waals surface area (Å²) < 4.78 is 24.2. The fourth-order valence-corrected chi connectivity index (χ4v) is 2.40. The summed E-state index contributed by atoms with van der Waals surface area (Å²) in [5.41, 5.74) is 0.845. The molecule has 1 unspecified atom stereocenters. The Kier molecular flexibility index (Phi) is 4.80. The van der Waals surface area contributed by atoms with Crippen LogP contribution >= 0.6 is 15.9 Å². The van der Waals surface area contributed by atoms with Crippen LogP contribution in [0.4, 0.5) is 4.39 Å². The fourth-order valence-electron chi connectivity index (χ4n) is 1.97. The maximum Gasteiger partial charge on any atom is 0.123 e. The molecule has 0 radical (unpaired) electrons. The van der Waals surface area contributed by atoms with Gasteiger partial charge in [-0.3, -0.25) is 0 Å². The Hall–Kier alpha value is -0.610. The van der Waals surface area contributed by atoms with E-state index in [9.17, 15) is 4.39 Å². The first kappa shape index (κ1) is 12.8. The predicted molar refractivity (Wildman–Crippen MR) is 68.1 cm³/mol. The molecule has 0 spiro atoms. The molecular weight excluding hydrogens is 287 g/mol. The van der Waals surface area contributed by atoms with Gasteiger partial charge in [0.25, 0.3) is 0 Å². The fraction of sp³-hybridized carbons (Fsp3) is 0.538. The molecule has 1 aromatic carbocycles. The van der Waals surface area contributed by atoms with Crippen molar-refractivity contribution in [2.45, 2.75) is 30.7 Å². The minimum atomic E-state index is -0.231. The Labute approximate surface area is 109 Å². The molecule has 1 saturated heterocycles. The topological polar surface area (TPSA) is 18.5 Å². The van der Waals surface area contributed by atoms with Crippen LogP contribution in [0.15, 0.2) is 18.2 Å². The second-order valence-corrected chi connectivity index (χ2v) is 4.72. The molecule has 1 aromatic rings. The van der Waals surface area contributed by atoms with Crippen LogP contribution in [0.5, 0.6) is 5.75 Å². The number of rotatable bonds is 5. The number of hydrogen-bond donors (Lipinski definition) is 0. The molecule has 1 heterocycles. The van der Waals surface area contributed by atoms with Gasteiger partial charge in [0.1, 0.15) is 11.6 Å². The van der Waals surface area contributed by atoms with Crippen molar-refractivity contribution in [3.63, 3.8) is 0 Å². The summed E-state index contributed by atoms with van der Waals surface area (Å²) in [5, 5.41) is 0.597. The lowest BCUT2D eigenvalue weighted by Crippen LogP contribution is -2.11. The molecule has 94 valence electrons. The van der Waals surface area contributed by atoms with Gasteiger partial charge in [0, 0.05) is 23.9 Å². The lowest BCUT2D eigenvalue weighted by molar-refractivity contribution is 0.0902. The molecule has 1 fully saturated rings. The van der Waals surface area contributed by atoms with E-state index in [0.29, 0.717) is 18.0 Å². The highest BCUT2D eigenvalue weighted by Crippen LogP contribution is 2.23. The van der Waals surface area contributed by atoms with Crippen LogP contribution in [-0.4, -0.2) is 19.3 Å². The zero-order chi connectivity index (χ0) is 12.1. The van der Waals surface area contributed by atoms with E-state index in [2.05, 4.69) is 15.9 Å². The van der Waals surface area contributed by atoms with Crippen molar-refractivity contribution in [2.75, 3.05) is 13.2 Å². The zero-order valence-electron chi connectivity index (χ0n) is 9.62. The summed E-state index contributed by atoms with van der Waals surface area (Å²) in [7, 11) is 0. The SMILES string of the molecule is Fc1ccc(OCCC2CCCO2)c(CBr)c1. The van der Waals surface area contributed by atoms with Gasteiger partial charge < -0.3 is 9.47 Å². The molecule has 4 heteroatoms. The van der Waals surface area contributed by atoms with Crippen LogP contribution in [0.3, 0.4) is 0 Å². The van der Waals surface area contributed by atoms with Gasteiger partial charge in [0.2, 0.25) is 0 Å². The third-order valence-corrected chi connectivity index (χ3v) is 3.49. The summed E-state index contributed by atoms with van der Waals surface area (Å²) in [5.74, 6) is 0.521. The average molecular weight is 303 g/mol. The minimum Gasteiger partial charge on any atom is -0.493 e. The molecular formula is C13H16BrFO2. The van der Waals surface area contributed by atoms with E-state index in [4.69, 9.17) is 9.47 Å². The van der Waals surface area contributed by atoms with Crippen molar-refractivity contribution in [3.05, 3.63) is 29.6 Å². The van der Waals surface area contributed by atoms with Crippen molar-refractivity contribution in [1.29, 1.82) is 0 Å². The Morgan fingerprint density at radius 3 is 3.06 bits per heavy atom. The quantitative estimate of drug-likeness (QED) is 0.773. The summed E-state index contributed by atoms with van der Waals surface area (Å²) in [6.07, 6.45) is 3.51. The third kappa shape index (κ3) is 3.68. The molecule has 1 aliphatic rings. The number of alkyl halides is 1. The first-order valence-corrected chi connectivity index (χ1v) is 7.00. The van der Waals surface area contributed by atoms with Crippen molar-refractivity contribution in [2.24, 2.45) is 0 Å². The van der Waals surface area contributed by atoms with E-state index in [1.807, 2.05) is 0 Å². The zero-order valence-corrected chi connectivity index (χ0v) is 11.2. The molecule has 0 saturated carbocycles. The Morgan fingerprint density at radius 2 is 2.35 bits per heavy atom. The smallest absolute Gasteiger partial charge is 0.123 e. The van der Waals surface area contributed by atoms with Gasteiger partial charge in [0.15, 0.2) is 0 Å². The van der Waals surface area contributed by atoms with Gasteiger partial charge in [-0.1, -0.05) is 15.9 Å². The summed E-state index contributed by atoms with van der Waals surface area (Å²) in [4.78, 5) is 0. The van der Waals surface area contributed by atoms with Crippen LogP contribution in [0.25, 0.3) is 0 Å². The van der Waals surface area contributed by atoms with Gasteiger partial charge in [0.05, 0.1) is 12.7 Å². The van der Waals surface area contributed by atoms with Gasteiger partial charge in [-0.05, 0) is 31.0 Å². The summed E-state index contributed by atoms with van der Waals surface area (Å²) in [6, 6.07) is 4.60. The minimum absolute atomic E-state index is 0.231. The van der Waals surface area contributed by atoms with Crippen molar-refractivity contribution in [3.8, 4) is 5.75 Å². The standard InChI is InChI=1S/C13H16BrFO2/c14-9-10-8-11(15)3-4-13(10)17-7-5-12-2-1-6-16-12/h3-4,8,12H,1-2,5-7,9H2. The Morgan fingerprint density at radius 1 is 1.47 bits per heavy atom. The summed E-state index contributed by atoms with van der Waals surface area (Å²) >= 11 is 3.33. The molecule has 2 nitrogen and oxygen atoms in total. The van der Waals surface area contributed by atoms with Crippen molar-refractivity contribution >= 4 is 15.9 Å². The lowest BCUT2D eigenvalue weighted by atomic mass is 10.2. The van der Waals surface area contributed by atoms with Crippen LogP contribution in [0.2, 0.25) is 0 Å². The molecule has 0 bridgehead atoms. The molecule has 17 heavy (non-hydrogen) atoms.